The Balaban J connectivity index is 2.15. The highest BCUT2D eigenvalue weighted by atomic mass is 19.1. The molecule has 1 N–H and O–H groups in total. The molecule has 3 rings (SSSR count). The van der Waals surface area contributed by atoms with Crippen molar-refractivity contribution in [2.24, 2.45) is 0 Å². The van der Waals surface area contributed by atoms with E-state index >= 15 is 0 Å². The number of rotatable bonds is 2. The molecule has 2 aromatic carbocycles. The second-order valence-corrected chi connectivity index (χ2v) is 4.49. The van der Waals surface area contributed by atoms with Crippen LogP contribution in [0.15, 0.2) is 40.8 Å². The highest BCUT2D eigenvalue weighted by Gasteiger charge is 2.14. The first-order chi connectivity index (χ1) is 9.54. The van der Waals surface area contributed by atoms with Crippen LogP contribution in [0.5, 0.6) is 0 Å². The van der Waals surface area contributed by atoms with E-state index in [0.717, 1.165) is 5.56 Å². The molecule has 0 unspecified atom stereocenters. The van der Waals surface area contributed by atoms with Crippen molar-refractivity contribution in [3.8, 4) is 11.5 Å². The van der Waals surface area contributed by atoms with Crippen molar-refractivity contribution in [2.75, 3.05) is 0 Å². The number of carbonyl (C=O) groups is 1. The predicted octanol–water partition coefficient (Wildman–Crippen LogP) is 3.64. The van der Waals surface area contributed by atoms with Crippen LogP contribution in [0.25, 0.3) is 22.6 Å². The van der Waals surface area contributed by atoms with Crippen LogP contribution in [0.2, 0.25) is 0 Å². The average Bonchev–Trinajstić information content (AvgIpc) is 2.80. The Morgan fingerprint density at radius 2 is 2.05 bits per heavy atom. The summed E-state index contributed by atoms with van der Waals surface area (Å²) in [6.45, 7) is 1.79. The zero-order chi connectivity index (χ0) is 14.3. The summed E-state index contributed by atoms with van der Waals surface area (Å²) in [4.78, 5) is 15.0. The second-order valence-electron chi connectivity index (χ2n) is 4.49. The Bertz CT molecular complexity index is 823. The lowest BCUT2D eigenvalue weighted by Crippen LogP contribution is -1.94. The minimum atomic E-state index is -1.04. The van der Waals surface area contributed by atoms with Gasteiger partial charge in [0.15, 0.2) is 5.58 Å². The molecule has 0 radical (unpaired) electrons. The van der Waals surface area contributed by atoms with Crippen molar-refractivity contribution in [3.63, 3.8) is 0 Å². The third-order valence-electron chi connectivity index (χ3n) is 2.99. The van der Waals surface area contributed by atoms with Gasteiger partial charge in [-0.3, -0.25) is 0 Å². The van der Waals surface area contributed by atoms with Gasteiger partial charge in [-0.2, -0.15) is 0 Å². The largest absolute Gasteiger partial charge is 0.478 e. The second kappa shape index (κ2) is 4.45. The van der Waals surface area contributed by atoms with Crippen molar-refractivity contribution in [3.05, 3.63) is 53.3 Å². The highest BCUT2D eigenvalue weighted by Crippen LogP contribution is 2.27. The van der Waals surface area contributed by atoms with Gasteiger partial charge in [-0.1, -0.05) is 6.07 Å². The maximum atomic E-state index is 13.9. The monoisotopic (exact) mass is 271 g/mol. The van der Waals surface area contributed by atoms with E-state index in [2.05, 4.69) is 4.98 Å². The summed E-state index contributed by atoms with van der Waals surface area (Å²) in [5.74, 6) is -1.33. The van der Waals surface area contributed by atoms with Crippen molar-refractivity contribution in [2.45, 2.75) is 6.92 Å². The van der Waals surface area contributed by atoms with Gasteiger partial charge in [0.2, 0.25) is 5.89 Å². The van der Waals surface area contributed by atoms with Crippen LogP contribution in [0, 0.1) is 12.7 Å². The van der Waals surface area contributed by atoms with E-state index < -0.39 is 11.8 Å². The molecule has 0 atom stereocenters. The van der Waals surface area contributed by atoms with Gasteiger partial charge in [-0.25, -0.2) is 14.2 Å². The maximum absolute atomic E-state index is 13.9. The Kier molecular flexibility index (Phi) is 2.75. The predicted molar refractivity (Wildman–Crippen MR) is 71.1 cm³/mol. The van der Waals surface area contributed by atoms with Gasteiger partial charge in [0.1, 0.15) is 11.3 Å². The molecule has 4 nitrogen and oxygen atoms in total. The van der Waals surface area contributed by atoms with E-state index in [9.17, 15) is 9.18 Å². The Morgan fingerprint density at radius 3 is 2.75 bits per heavy atom. The topological polar surface area (TPSA) is 63.3 Å². The van der Waals surface area contributed by atoms with Gasteiger partial charge < -0.3 is 9.52 Å². The number of fused-ring (bicyclic) bond motifs is 1. The van der Waals surface area contributed by atoms with Crippen LogP contribution in [0.4, 0.5) is 4.39 Å². The molecule has 0 spiro atoms. The fourth-order valence-corrected chi connectivity index (χ4v) is 1.97. The lowest BCUT2D eigenvalue weighted by Gasteiger charge is -1.98. The Morgan fingerprint density at radius 1 is 1.25 bits per heavy atom. The van der Waals surface area contributed by atoms with Gasteiger partial charge in [0.05, 0.1) is 11.1 Å². The zero-order valence-corrected chi connectivity index (χ0v) is 10.6. The van der Waals surface area contributed by atoms with Crippen LogP contribution in [-0.2, 0) is 0 Å². The number of hydrogen-bond donors (Lipinski definition) is 1. The summed E-state index contributed by atoms with van der Waals surface area (Å²) in [6, 6.07) is 9.08. The Hall–Kier alpha value is -2.69. The summed E-state index contributed by atoms with van der Waals surface area (Å²) >= 11 is 0. The molecule has 0 aliphatic rings. The van der Waals surface area contributed by atoms with Crippen LogP contribution in [0.3, 0.4) is 0 Å². The van der Waals surface area contributed by atoms with Gasteiger partial charge in [-0.15, -0.1) is 0 Å². The molecule has 20 heavy (non-hydrogen) atoms. The first-order valence-corrected chi connectivity index (χ1v) is 5.95. The van der Waals surface area contributed by atoms with E-state index in [1.807, 2.05) is 0 Å². The summed E-state index contributed by atoms with van der Waals surface area (Å²) in [5.41, 5.74) is 1.98. The third-order valence-corrected chi connectivity index (χ3v) is 2.99. The van der Waals surface area contributed by atoms with Crippen LogP contribution >= 0.6 is 0 Å². The van der Waals surface area contributed by atoms with E-state index in [4.69, 9.17) is 9.52 Å². The fourth-order valence-electron chi connectivity index (χ4n) is 1.97. The smallest absolute Gasteiger partial charge is 0.335 e. The number of nitrogens with zero attached hydrogens (tertiary/aromatic N) is 1. The minimum absolute atomic E-state index is 0.113. The number of carboxylic acid groups (broad SMARTS) is 1. The molecule has 0 aliphatic carbocycles. The molecule has 100 valence electrons. The van der Waals surface area contributed by atoms with Gasteiger partial charge >= 0.3 is 5.97 Å². The van der Waals surface area contributed by atoms with E-state index in [0.29, 0.717) is 11.1 Å². The van der Waals surface area contributed by atoms with Crippen LogP contribution in [-0.4, -0.2) is 16.1 Å². The fraction of sp³-hybridized carbons (Fsp3) is 0.0667. The van der Waals surface area contributed by atoms with Gasteiger partial charge in [0.25, 0.3) is 0 Å². The SMILES string of the molecule is Cc1ccc(-c2nc3cc(C(=O)O)ccc3o2)c(F)c1. The van der Waals surface area contributed by atoms with Crippen molar-refractivity contribution in [1.29, 1.82) is 0 Å². The lowest BCUT2D eigenvalue weighted by atomic mass is 10.1. The third kappa shape index (κ3) is 2.03. The summed E-state index contributed by atoms with van der Waals surface area (Å²) in [7, 11) is 0. The normalized spacial score (nSPS) is 10.9. The van der Waals surface area contributed by atoms with Crippen molar-refractivity contribution < 1.29 is 18.7 Å². The molecule has 1 heterocycles. The molecule has 0 saturated carbocycles. The lowest BCUT2D eigenvalue weighted by molar-refractivity contribution is 0.0697. The number of oxazole rings is 1. The molecular formula is C15H10FNO3. The highest BCUT2D eigenvalue weighted by molar-refractivity contribution is 5.92. The summed E-state index contributed by atoms with van der Waals surface area (Å²) in [5, 5.41) is 8.92. The molecular weight excluding hydrogens is 261 g/mol. The average molecular weight is 271 g/mol. The van der Waals surface area contributed by atoms with E-state index in [1.54, 1.807) is 19.1 Å². The number of aromatic carboxylic acids is 1. The van der Waals surface area contributed by atoms with Crippen molar-refractivity contribution in [1.82, 2.24) is 4.98 Å². The number of carboxylic acids is 1. The first kappa shape index (κ1) is 12.3. The molecule has 1 aromatic heterocycles. The van der Waals surface area contributed by atoms with Gasteiger partial charge in [0, 0.05) is 0 Å². The standard InChI is InChI=1S/C15H10FNO3/c1-8-2-4-10(11(16)6-8)14-17-12-7-9(15(18)19)3-5-13(12)20-14/h2-7H,1H3,(H,18,19). The molecule has 0 fully saturated rings. The number of benzene rings is 2. The summed E-state index contributed by atoms with van der Waals surface area (Å²) < 4.78 is 19.3. The number of aryl methyl sites for hydroxylation is 1. The van der Waals surface area contributed by atoms with Crippen LogP contribution in [0.1, 0.15) is 15.9 Å². The van der Waals surface area contributed by atoms with E-state index in [-0.39, 0.29) is 17.0 Å². The minimum Gasteiger partial charge on any atom is -0.478 e. The zero-order valence-electron chi connectivity index (χ0n) is 10.6. The van der Waals surface area contributed by atoms with Crippen LogP contribution < -0.4 is 0 Å². The van der Waals surface area contributed by atoms with E-state index in [1.165, 1.54) is 24.3 Å². The quantitative estimate of drug-likeness (QED) is 0.772. The number of halogens is 1. The molecule has 0 saturated heterocycles. The summed E-state index contributed by atoms with van der Waals surface area (Å²) in [6.07, 6.45) is 0. The molecule has 3 aromatic rings. The molecule has 5 heteroatoms. The molecule has 0 amide bonds. The first-order valence-electron chi connectivity index (χ1n) is 5.95. The van der Waals surface area contributed by atoms with Crippen molar-refractivity contribution >= 4 is 17.1 Å². The molecule has 0 aliphatic heterocycles. The number of hydrogen-bond acceptors (Lipinski definition) is 3. The molecule has 0 bridgehead atoms. The number of aromatic nitrogens is 1. The maximum Gasteiger partial charge on any atom is 0.335 e. The van der Waals surface area contributed by atoms with Gasteiger partial charge in [-0.05, 0) is 42.8 Å². The Labute approximate surface area is 113 Å².